The molecule has 2 rings (SSSR count). The number of carbonyl (C=O) groups is 2. The molecule has 6 heteroatoms. The van der Waals surface area contributed by atoms with Gasteiger partial charge in [0.1, 0.15) is 11.9 Å². The molecule has 4 nitrogen and oxygen atoms in total. The van der Waals surface area contributed by atoms with E-state index in [4.69, 9.17) is 0 Å². The van der Waals surface area contributed by atoms with E-state index < -0.39 is 17.8 Å². The van der Waals surface area contributed by atoms with Crippen molar-refractivity contribution in [1.29, 1.82) is 0 Å². The molecule has 0 aliphatic carbocycles. The number of hydrogen-bond donors (Lipinski definition) is 2. The van der Waals surface area contributed by atoms with Gasteiger partial charge in [-0.2, -0.15) is 11.8 Å². The molecule has 132 valence electrons. The first-order valence-corrected chi connectivity index (χ1v) is 9.32. The standard InChI is InChI=1S/C19H21FN2O2S/c1-13-7-9-14(10-8-13)18(23)22-17(11-12-25-2)19(24)21-16-6-4-3-5-15(16)20/h3-10,17H,11-12H2,1-2H3,(H,21,24)(H,22,23). The van der Waals surface area contributed by atoms with E-state index in [-0.39, 0.29) is 11.6 Å². The summed E-state index contributed by atoms with van der Waals surface area (Å²) >= 11 is 1.58. The van der Waals surface area contributed by atoms with E-state index >= 15 is 0 Å². The van der Waals surface area contributed by atoms with Gasteiger partial charge in [0.25, 0.3) is 5.91 Å². The molecule has 25 heavy (non-hydrogen) atoms. The normalized spacial score (nSPS) is 11.6. The molecule has 1 unspecified atom stereocenters. The zero-order chi connectivity index (χ0) is 18.2. The zero-order valence-electron chi connectivity index (χ0n) is 14.2. The predicted molar refractivity (Wildman–Crippen MR) is 100 cm³/mol. The molecular formula is C19H21FN2O2S. The van der Waals surface area contributed by atoms with Gasteiger partial charge in [-0.25, -0.2) is 4.39 Å². The van der Waals surface area contributed by atoms with Gasteiger partial charge in [-0.3, -0.25) is 9.59 Å². The van der Waals surface area contributed by atoms with Crippen LogP contribution in [0.1, 0.15) is 22.3 Å². The highest BCUT2D eigenvalue weighted by Gasteiger charge is 2.22. The Labute approximate surface area is 151 Å². The number of benzene rings is 2. The fourth-order valence-electron chi connectivity index (χ4n) is 2.23. The highest BCUT2D eigenvalue weighted by atomic mass is 32.2. The Hall–Kier alpha value is -2.34. The van der Waals surface area contributed by atoms with E-state index in [1.807, 2.05) is 25.3 Å². The lowest BCUT2D eigenvalue weighted by molar-refractivity contribution is -0.118. The summed E-state index contributed by atoms with van der Waals surface area (Å²) < 4.78 is 13.7. The van der Waals surface area contributed by atoms with Gasteiger partial charge >= 0.3 is 0 Å². The van der Waals surface area contributed by atoms with Crippen molar-refractivity contribution < 1.29 is 14.0 Å². The Balaban J connectivity index is 2.09. The molecule has 0 bridgehead atoms. The number of rotatable bonds is 7. The molecule has 0 radical (unpaired) electrons. The van der Waals surface area contributed by atoms with Gasteiger partial charge in [-0.1, -0.05) is 29.8 Å². The van der Waals surface area contributed by atoms with Gasteiger partial charge in [-0.15, -0.1) is 0 Å². The molecule has 2 aromatic carbocycles. The first kappa shape index (κ1) is 19.0. The van der Waals surface area contributed by atoms with Crippen LogP contribution in [0, 0.1) is 12.7 Å². The first-order chi connectivity index (χ1) is 12.0. The van der Waals surface area contributed by atoms with Gasteiger partial charge in [0, 0.05) is 5.56 Å². The van der Waals surface area contributed by atoms with E-state index in [0.29, 0.717) is 17.7 Å². The second-order valence-electron chi connectivity index (χ2n) is 5.64. The molecule has 0 spiro atoms. The maximum absolute atomic E-state index is 13.7. The number of hydrogen-bond acceptors (Lipinski definition) is 3. The summed E-state index contributed by atoms with van der Waals surface area (Å²) in [5.74, 6) is -0.567. The molecule has 0 saturated carbocycles. The molecule has 0 heterocycles. The van der Waals surface area contributed by atoms with Crippen molar-refractivity contribution in [2.24, 2.45) is 0 Å². The second kappa shape index (κ2) is 9.22. The summed E-state index contributed by atoms with van der Waals surface area (Å²) in [4.78, 5) is 24.9. The molecule has 0 fully saturated rings. The largest absolute Gasteiger partial charge is 0.340 e. The maximum Gasteiger partial charge on any atom is 0.251 e. The Kier molecular flexibility index (Phi) is 7.01. The number of anilines is 1. The van der Waals surface area contributed by atoms with Gasteiger partial charge in [0.15, 0.2) is 0 Å². The van der Waals surface area contributed by atoms with E-state index in [1.54, 1.807) is 36.0 Å². The minimum absolute atomic E-state index is 0.103. The number of carbonyl (C=O) groups excluding carboxylic acids is 2. The minimum atomic E-state index is -0.735. The van der Waals surface area contributed by atoms with Gasteiger partial charge in [0.05, 0.1) is 5.69 Å². The highest BCUT2D eigenvalue weighted by Crippen LogP contribution is 2.14. The summed E-state index contributed by atoms with van der Waals surface area (Å²) in [7, 11) is 0. The third-order valence-electron chi connectivity index (χ3n) is 3.68. The van der Waals surface area contributed by atoms with Crippen molar-refractivity contribution in [3.8, 4) is 0 Å². The van der Waals surface area contributed by atoms with Gasteiger partial charge in [-0.05, 0) is 49.6 Å². The van der Waals surface area contributed by atoms with Crippen molar-refractivity contribution in [3.63, 3.8) is 0 Å². The van der Waals surface area contributed by atoms with Gasteiger partial charge < -0.3 is 10.6 Å². The fraction of sp³-hybridized carbons (Fsp3) is 0.263. The Bertz CT molecular complexity index is 734. The molecule has 0 saturated heterocycles. The van der Waals surface area contributed by atoms with Crippen LogP contribution >= 0.6 is 11.8 Å². The van der Waals surface area contributed by atoms with Crippen LogP contribution in [0.25, 0.3) is 0 Å². The topological polar surface area (TPSA) is 58.2 Å². The van der Waals surface area contributed by atoms with Crippen LogP contribution in [0.15, 0.2) is 48.5 Å². The smallest absolute Gasteiger partial charge is 0.251 e. The highest BCUT2D eigenvalue weighted by molar-refractivity contribution is 7.98. The number of aryl methyl sites for hydroxylation is 1. The third kappa shape index (κ3) is 5.60. The molecule has 2 amide bonds. The quantitative estimate of drug-likeness (QED) is 0.793. The average Bonchev–Trinajstić information content (AvgIpc) is 2.60. The number of nitrogens with one attached hydrogen (secondary N) is 2. The first-order valence-electron chi connectivity index (χ1n) is 7.93. The van der Waals surface area contributed by atoms with Crippen LogP contribution in [0.4, 0.5) is 10.1 Å². The third-order valence-corrected chi connectivity index (χ3v) is 4.32. The summed E-state index contributed by atoms with van der Waals surface area (Å²) in [5.41, 5.74) is 1.64. The van der Waals surface area contributed by atoms with E-state index in [1.165, 1.54) is 12.1 Å². The van der Waals surface area contributed by atoms with Crippen LogP contribution in [0.3, 0.4) is 0 Å². The zero-order valence-corrected chi connectivity index (χ0v) is 15.0. The predicted octanol–water partition coefficient (Wildman–Crippen LogP) is 3.62. The van der Waals surface area contributed by atoms with E-state index in [9.17, 15) is 14.0 Å². The molecule has 2 aromatic rings. The number of thioether (sulfide) groups is 1. The van der Waals surface area contributed by atoms with Gasteiger partial charge in [0.2, 0.25) is 5.91 Å². The minimum Gasteiger partial charge on any atom is -0.340 e. The summed E-state index contributed by atoms with van der Waals surface area (Å²) in [6.45, 7) is 1.94. The summed E-state index contributed by atoms with van der Waals surface area (Å²) in [6, 6.07) is 12.3. The Morgan fingerprint density at radius 3 is 2.44 bits per heavy atom. The lowest BCUT2D eigenvalue weighted by Gasteiger charge is -2.18. The molecule has 2 N–H and O–H groups in total. The number of amides is 2. The fourth-order valence-corrected chi connectivity index (χ4v) is 2.70. The van der Waals surface area contributed by atoms with Crippen LogP contribution in [0.2, 0.25) is 0 Å². The van der Waals surface area contributed by atoms with Crippen molar-refractivity contribution in [2.45, 2.75) is 19.4 Å². The Morgan fingerprint density at radius 1 is 1.12 bits per heavy atom. The summed E-state index contributed by atoms with van der Waals surface area (Å²) in [6.07, 6.45) is 2.38. The van der Waals surface area contributed by atoms with Crippen LogP contribution in [-0.4, -0.2) is 29.9 Å². The van der Waals surface area contributed by atoms with Crippen molar-refractivity contribution in [2.75, 3.05) is 17.3 Å². The molecule has 0 aliphatic rings. The van der Waals surface area contributed by atoms with Crippen LogP contribution in [-0.2, 0) is 4.79 Å². The van der Waals surface area contributed by atoms with E-state index in [0.717, 1.165) is 5.56 Å². The van der Waals surface area contributed by atoms with Crippen molar-refractivity contribution in [1.82, 2.24) is 5.32 Å². The van der Waals surface area contributed by atoms with E-state index in [2.05, 4.69) is 10.6 Å². The van der Waals surface area contributed by atoms with Crippen LogP contribution in [0.5, 0.6) is 0 Å². The van der Waals surface area contributed by atoms with Crippen molar-refractivity contribution in [3.05, 3.63) is 65.5 Å². The molecule has 0 aromatic heterocycles. The monoisotopic (exact) mass is 360 g/mol. The lowest BCUT2D eigenvalue weighted by atomic mass is 10.1. The molecule has 1 atom stereocenters. The molecule has 0 aliphatic heterocycles. The maximum atomic E-state index is 13.7. The average molecular weight is 360 g/mol. The van der Waals surface area contributed by atoms with Crippen LogP contribution < -0.4 is 10.6 Å². The lowest BCUT2D eigenvalue weighted by Crippen LogP contribution is -2.44. The molecular weight excluding hydrogens is 339 g/mol. The Morgan fingerprint density at radius 2 is 1.80 bits per heavy atom. The second-order valence-corrected chi connectivity index (χ2v) is 6.63. The number of halogens is 1. The summed E-state index contributed by atoms with van der Waals surface area (Å²) in [5, 5.41) is 5.29. The SMILES string of the molecule is CSCCC(NC(=O)c1ccc(C)cc1)C(=O)Nc1ccccc1F. The number of para-hydroxylation sites is 1. The van der Waals surface area contributed by atoms with Crippen molar-refractivity contribution >= 4 is 29.3 Å².